The molecule has 0 aromatic carbocycles. The predicted octanol–water partition coefficient (Wildman–Crippen LogP) is 3.73. The van der Waals surface area contributed by atoms with Crippen LogP contribution < -0.4 is 0 Å². The van der Waals surface area contributed by atoms with Crippen LogP contribution in [0.3, 0.4) is 0 Å². The molecule has 1 aromatic rings. The summed E-state index contributed by atoms with van der Waals surface area (Å²) in [4.78, 5) is 4.22. The van der Waals surface area contributed by atoms with Crippen molar-refractivity contribution >= 4 is 23.4 Å². The maximum Gasteiger partial charge on any atom is 0.255 e. The summed E-state index contributed by atoms with van der Waals surface area (Å²) in [6.07, 6.45) is 3.94. The molecule has 0 bridgehead atoms. The Bertz CT molecular complexity index is 264. The van der Waals surface area contributed by atoms with Gasteiger partial charge in [-0.25, -0.2) is 4.98 Å². The fourth-order valence-corrected chi connectivity index (χ4v) is 2.47. The largest absolute Gasteiger partial charge is 0.440 e. The summed E-state index contributed by atoms with van der Waals surface area (Å²) in [5.41, 5.74) is 0.946. The minimum atomic E-state index is 0.691. The zero-order chi connectivity index (χ0) is 10.4. The van der Waals surface area contributed by atoms with Gasteiger partial charge in [0.2, 0.25) is 0 Å². The molecule has 80 valence electrons. The van der Waals surface area contributed by atoms with E-state index in [4.69, 9.17) is 16.0 Å². The van der Waals surface area contributed by atoms with Gasteiger partial charge in [-0.05, 0) is 25.7 Å². The fourth-order valence-electron chi connectivity index (χ4n) is 1.08. The topological polar surface area (TPSA) is 26.0 Å². The molecule has 0 radical (unpaired) electrons. The van der Waals surface area contributed by atoms with Crippen molar-refractivity contribution in [2.24, 2.45) is 5.92 Å². The zero-order valence-electron chi connectivity index (χ0n) is 8.62. The number of aromatic nitrogens is 1. The Morgan fingerprint density at radius 1 is 1.57 bits per heavy atom. The highest BCUT2D eigenvalue weighted by molar-refractivity contribution is 7.99. The van der Waals surface area contributed by atoms with Crippen LogP contribution in [0.2, 0.25) is 0 Å². The summed E-state index contributed by atoms with van der Waals surface area (Å²) in [6.45, 7) is 4.16. The van der Waals surface area contributed by atoms with E-state index in [1.54, 1.807) is 18.0 Å². The Kier molecular flexibility index (Phi) is 5.41. The molecule has 1 rings (SSSR count). The van der Waals surface area contributed by atoms with Crippen LogP contribution in [-0.2, 0) is 0 Å². The molecule has 0 amide bonds. The van der Waals surface area contributed by atoms with E-state index in [0.29, 0.717) is 5.92 Å². The van der Waals surface area contributed by atoms with Gasteiger partial charge in [0.15, 0.2) is 0 Å². The van der Waals surface area contributed by atoms with E-state index < -0.39 is 0 Å². The van der Waals surface area contributed by atoms with E-state index in [2.05, 4.69) is 11.9 Å². The van der Waals surface area contributed by atoms with Crippen LogP contribution in [0, 0.1) is 12.8 Å². The van der Waals surface area contributed by atoms with Crippen molar-refractivity contribution in [3.8, 4) is 0 Å². The average molecular weight is 234 g/mol. The number of aryl methyl sites for hydroxylation is 1. The third-order valence-electron chi connectivity index (χ3n) is 2.04. The number of hydrogen-bond acceptors (Lipinski definition) is 3. The van der Waals surface area contributed by atoms with E-state index >= 15 is 0 Å². The Morgan fingerprint density at radius 3 is 2.93 bits per heavy atom. The lowest BCUT2D eigenvalue weighted by Crippen LogP contribution is -1.97. The van der Waals surface area contributed by atoms with Gasteiger partial charge in [0.05, 0.1) is 5.69 Å². The zero-order valence-corrected chi connectivity index (χ0v) is 10.2. The van der Waals surface area contributed by atoms with Crippen molar-refractivity contribution in [3.63, 3.8) is 0 Å². The lowest BCUT2D eigenvalue weighted by molar-refractivity contribution is 0.453. The van der Waals surface area contributed by atoms with Crippen molar-refractivity contribution in [1.29, 1.82) is 0 Å². The van der Waals surface area contributed by atoms with E-state index in [0.717, 1.165) is 29.0 Å². The highest BCUT2D eigenvalue weighted by Gasteiger charge is 2.04. The van der Waals surface area contributed by atoms with Crippen molar-refractivity contribution in [1.82, 2.24) is 4.98 Å². The van der Waals surface area contributed by atoms with Crippen molar-refractivity contribution < 1.29 is 4.42 Å². The van der Waals surface area contributed by atoms with Gasteiger partial charge in [0.25, 0.3) is 5.22 Å². The van der Waals surface area contributed by atoms with E-state index in [-0.39, 0.29) is 0 Å². The van der Waals surface area contributed by atoms with Gasteiger partial charge in [-0.1, -0.05) is 18.7 Å². The quantitative estimate of drug-likeness (QED) is 0.553. The van der Waals surface area contributed by atoms with Gasteiger partial charge >= 0.3 is 0 Å². The molecule has 1 unspecified atom stereocenters. The van der Waals surface area contributed by atoms with Gasteiger partial charge in [0, 0.05) is 11.6 Å². The predicted molar refractivity (Wildman–Crippen MR) is 61.1 cm³/mol. The smallest absolute Gasteiger partial charge is 0.255 e. The molecule has 1 atom stereocenters. The fraction of sp³-hybridized carbons (Fsp3) is 0.700. The van der Waals surface area contributed by atoms with Crippen molar-refractivity contribution in [3.05, 3.63) is 12.0 Å². The Hall–Kier alpha value is -0.150. The molecule has 0 saturated heterocycles. The average Bonchev–Trinajstić information content (AvgIpc) is 2.52. The maximum atomic E-state index is 5.66. The number of thioether (sulfide) groups is 1. The van der Waals surface area contributed by atoms with Gasteiger partial charge in [-0.15, -0.1) is 11.6 Å². The van der Waals surface area contributed by atoms with Crippen LogP contribution in [0.5, 0.6) is 0 Å². The van der Waals surface area contributed by atoms with Crippen LogP contribution in [0.1, 0.15) is 25.5 Å². The van der Waals surface area contributed by atoms with Crippen LogP contribution in [-0.4, -0.2) is 16.6 Å². The molecule has 4 heteroatoms. The molecule has 0 saturated carbocycles. The summed E-state index contributed by atoms with van der Waals surface area (Å²) < 4.78 is 5.23. The molecular formula is C10H16ClNOS. The summed E-state index contributed by atoms with van der Waals surface area (Å²) >= 11 is 7.33. The van der Waals surface area contributed by atoms with Gasteiger partial charge in [-0.3, -0.25) is 0 Å². The second kappa shape index (κ2) is 6.36. The molecule has 1 heterocycles. The Balaban J connectivity index is 2.15. The first-order valence-corrected chi connectivity index (χ1v) is 6.35. The van der Waals surface area contributed by atoms with Gasteiger partial charge in [0.1, 0.15) is 6.26 Å². The van der Waals surface area contributed by atoms with E-state index in [9.17, 15) is 0 Å². The molecule has 0 spiro atoms. The van der Waals surface area contributed by atoms with E-state index in [1.807, 2.05) is 6.92 Å². The molecule has 2 nitrogen and oxygen atoms in total. The molecule has 0 fully saturated rings. The van der Waals surface area contributed by atoms with Crippen molar-refractivity contribution in [2.75, 3.05) is 11.6 Å². The van der Waals surface area contributed by atoms with Gasteiger partial charge < -0.3 is 4.42 Å². The maximum absolute atomic E-state index is 5.66. The van der Waals surface area contributed by atoms with E-state index in [1.165, 1.54) is 6.42 Å². The minimum absolute atomic E-state index is 0.691. The Labute approximate surface area is 94.4 Å². The second-order valence-corrected chi connectivity index (χ2v) is 4.90. The number of alkyl halides is 1. The summed E-state index contributed by atoms with van der Waals surface area (Å²) in [5, 5.41) is 0.778. The lowest BCUT2D eigenvalue weighted by atomic mass is 10.1. The number of hydrogen-bond donors (Lipinski definition) is 0. The SMILES string of the molecule is Cc1coc(SCCC(C)CCCl)n1. The minimum Gasteiger partial charge on any atom is -0.440 e. The number of nitrogens with zero attached hydrogens (tertiary/aromatic N) is 1. The Morgan fingerprint density at radius 2 is 2.36 bits per heavy atom. The standard InChI is InChI=1S/C10H16ClNOS/c1-8(3-5-11)4-6-14-10-12-9(2)7-13-10/h7-8H,3-6H2,1-2H3. The third-order valence-corrected chi connectivity index (χ3v) is 3.13. The molecule has 0 aliphatic heterocycles. The molecule has 0 aliphatic rings. The van der Waals surface area contributed by atoms with Crippen LogP contribution >= 0.6 is 23.4 Å². The van der Waals surface area contributed by atoms with Gasteiger partial charge in [-0.2, -0.15) is 0 Å². The highest BCUT2D eigenvalue weighted by atomic mass is 35.5. The highest BCUT2D eigenvalue weighted by Crippen LogP contribution is 2.20. The first-order chi connectivity index (χ1) is 6.72. The lowest BCUT2D eigenvalue weighted by Gasteiger charge is -2.06. The van der Waals surface area contributed by atoms with Crippen LogP contribution in [0.25, 0.3) is 0 Å². The number of oxazole rings is 1. The summed E-state index contributed by atoms with van der Waals surface area (Å²) in [7, 11) is 0. The molecular weight excluding hydrogens is 218 g/mol. The first-order valence-electron chi connectivity index (χ1n) is 4.83. The monoisotopic (exact) mass is 233 g/mol. The third kappa shape index (κ3) is 4.38. The molecule has 0 N–H and O–H groups in total. The molecule has 1 aromatic heterocycles. The molecule has 14 heavy (non-hydrogen) atoms. The number of halogens is 1. The summed E-state index contributed by atoms with van der Waals surface area (Å²) in [5.74, 6) is 2.50. The van der Waals surface area contributed by atoms with Crippen molar-refractivity contribution in [2.45, 2.75) is 31.9 Å². The second-order valence-electron chi connectivity index (χ2n) is 3.47. The summed E-state index contributed by atoms with van der Waals surface area (Å²) in [6, 6.07) is 0. The van der Waals surface area contributed by atoms with Crippen LogP contribution in [0.4, 0.5) is 0 Å². The number of rotatable bonds is 6. The molecule has 0 aliphatic carbocycles. The first kappa shape index (κ1) is 11.9. The van der Waals surface area contributed by atoms with Crippen LogP contribution in [0.15, 0.2) is 15.9 Å². The normalized spacial score (nSPS) is 13.1.